The van der Waals surface area contributed by atoms with Crippen molar-refractivity contribution in [3.8, 4) is 6.07 Å². The van der Waals surface area contributed by atoms with Crippen LogP contribution in [0.2, 0.25) is 5.15 Å². The molecule has 0 saturated carbocycles. The number of halogens is 2. The van der Waals surface area contributed by atoms with Crippen LogP contribution >= 0.6 is 11.6 Å². The van der Waals surface area contributed by atoms with Crippen molar-refractivity contribution in [3.05, 3.63) is 68.8 Å². The van der Waals surface area contributed by atoms with E-state index in [2.05, 4.69) is 29.8 Å². The minimum absolute atomic E-state index is 0.0796. The van der Waals surface area contributed by atoms with Gasteiger partial charge in [-0.25, -0.2) is 9.37 Å². The average molecular weight is 440 g/mol. The zero-order valence-corrected chi connectivity index (χ0v) is 18.4. The Kier molecular flexibility index (Phi) is 5.46. The topological polar surface area (TPSA) is 65.2 Å². The van der Waals surface area contributed by atoms with Gasteiger partial charge in [0.25, 0.3) is 5.56 Å². The molecule has 0 atom stereocenters. The molecule has 0 amide bonds. The van der Waals surface area contributed by atoms with Crippen LogP contribution in [0.5, 0.6) is 0 Å². The van der Waals surface area contributed by atoms with Crippen LogP contribution in [-0.4, -0.2) is 40.6 Å². The number of benzene rings is 1. The molecule has 0 aliphatic carbocycles. The molecule has 160 valence electrons. The van der Waals surface area contributed by atoms with Gasteiger partial charge in [-0.1, -0.05) is 23.7 Å². The molecule has 1 fully saturated rings. The van der Waals surface area contributed by atoms with Crippen molar-refractivity contribution >= 4 is 28.3 Å². The maximum absolute atomic E-state index is 13.4. The van der Waals surface area contributed by atoms with Gasteiger partial charge in [0.1, 0.15) is 28.1 Å². The molecular formula is C23H23ClFN5O. The first kappa shape index (κ1) is 21.3. The van der Waals surface area contributed by atoms with Crippen LogP contribution in [0.4, 0.5) is 10.1 Å². The summed E-state index contributed by atoms with van der Waals surface area (Å²) in [6.45, 7) is 6.90. The second kappa shape index (κ2) is 7.95. The summed E-state index contributed by atoms with van der Waals surface area (Å²) >= 11 is 6.14. The lowest BCUT2D eigenvalue weighted by atomic mass is 9.91. The first-order chi connectivity index (χ1) is 14.7. The molecule has 2 aromatic heterocycles. The normalized spacial score (nSPS) is 15.3. The van der Waals surface area contributed by atoms with E-state index in [1.165, 1.54) is 16.7 Å². The Bertz CT molecular complexity index is 1240. The number of nitrogens with zero attached hydrogens (tertiary/aromatic N) is 5. The molecule has 3 heterocycles. The Balaban J connectivity index is 1.69. The summed E-state index contributed by atoms with van der Waals surface area (Å²) in [5.74, 6) is -0.253. The number of fused-ring (bicyclic) bond motifs is 1. The minimum atomic E-state index is -0.344. The standard InChI is InChI=1S/C23H23ClFN5O/c1-23(2,15-4-6-16(25)7-5-15)30-12-10-29(11-13-30)21-17(14-26)22(31)28(3)18-8-9-19(24)27-20(18)21/h4-9H,10-13H2,1-3H3. The zero-order chi connectivity index (χ0) is 22.3. The number of hydrogen-bond acceptors (Lipinski definition) is 5. The van der Waals surface area contributed by atoms with Gasteiger partial charge in [0.2, 0.25) is 0 Å². The third-order valence-corrected chi connectivity index (χ3v) is 6.44. The summed E-state index contributed by atoms with van der Waals surface area (Å²) in [5, 5.41) is 10.1. The Morgan fingerprint density at radius 3 is 2.35 bits per heavy atom. The van der Waals surface area contributed by atoms with Crippen molar-refractivity contribution in [2.45, 2.75) is 19.4 Å². The van der Waals surface area contributed by atoms with Crippen molar-refractivity contribution in [3.63, 3.8) is 0 Å². The fourth-order valence-electron chi connectivity index (χ4n) is 4.31. The zero-order valence-electron chi connectivity index (χ0n) is 17.7. The predicted octanol–water partition coefficient (Wildman–Crippen LogP) is 3.65. The molecule has 1 aromatic carbocycles. The predicted molar refractivity (Wildman–Crippen MR) is 120 cm³/mol. The van der Waals surface area contributed by atoms with Crippen molar-refractivity contribution in [2.75, 3.05) is 31.1 Å². The monoisotopic (exact) mass is 439 g/mol. The second-order valence-corrected chi connectivity index (χ2v) is 8.63. The van der Waals surface area contributed by atoms with E-state index in [1.807, 2.05) is 17.0 Å². The van der Waals surface area contributed by atoms with Gasteiger partial charge in [-0.15, -0.1) is 0 Å². The molecule has 8 heteroatoms. The number of hydrogen-bond donors (Lipinski definition) is 0. The average Bonchev–Trinajstić information content (AvgIpc) is 2.76. The summed E-state index contributed by atoms with van der Waals surface area (Å²) in [4.78, 5) is 21.6. The number of nitriles is 1. The molecule has 0 radical (unpaired) electrons. The summed E-state index contributed by atoms with van der Waals surface area (Å²) in [6, 6.07) is 12.1. The molecule has 3 aromatic rings. The highest BCUT2D eigenvalue weighted by molar-refractivity contribution is 6.29. The van der Waals surface area contributed by atoms with E-state index < -0.39 is 0 Å². The van der Waals surface area contributed by atoms with Gasteiger partial charge >= 0.3 is 0 Å². The van der Waals surface area contributed by atoms with Crippen molar-refractivity contribution < 1.29 is 4.39 Å². The van der Waals surface area contributed by atoms with Crippen LogP contribution in [0.15, 0.2) is 41.2 Å². The molecule has 0 spiro atoms. The van der Waals surface area contributed by atoms with E-state index in [9.17, 15) is 14.4 Å². The van der Waals surface area contributed by atoms with Gasteiger partial charge in [-0.2, -0.15) is 5.26 Å². The molecule has 1 aliphatic heterocycles. The van der Waals surface area contributed by atoms with Crippen LogP contribution in [0, 0.1) is 17.1 Å². The van der Waals surface area contributed by atoms with Crippen LogP contribution in [0.1, 0.15) is 25.0 Å². The molecule has 0 N–H and O–H groups in total. The van der Waals surface area contributed by atoms with Gasteiger partial charge in [0, 0.05) is 38.8 Å². The van der Waals surface area contributed by atoms with E-state index in [1.54, 1.807) is 19.2 Å². The van der Waals surface area contributed by atoms with E-state index in [0.29, 0.717) is 48.1 Å². The Hall–Kier alpha value is -2.95. The number of aryl methyl sites for hydroxylation is 1. The number of anilines is 1. The van der Waals surface area contributed by atoms with Gasteiger partial charge in [-0.3, -0.25) is 9.69 Å². The molecule has 1 saturated heterocycles. The smallest absolute Gasteiger partial charge is 0.270 e. The van der Waals surface area contributed by atoms with Gasteiger partial charge in [-0.05, 0) is 43.7 Å². The van der Waals surface area contributed by atoms with Crippen LogP contribution in [0.25, 0.3) is 11.0 Å². The maximum atomic E-state index is 13.4. The molecule has 31 heavy (non-hydrogen) atoms. The maximum Gasteiger partial charge on any atom is 0.270 e. The van der Waals surface area contributed by atoms with E-state index in [-0.39, 0.29) is 22.5 Å². The van der Waals surface area contributed by atoms with Crippen molar-refractivity contribution in [2.24, 2.45) is 7.05 Å². The van der Waals surface area contributed by atoms with Crippen LogP contribution in [-0.2, 0) is 12.6 Å². The third-order valence-electron chi connectivity index (χ3n) is 6.23. The Morgan fingerprint density at radius 1 is 1.10 bits per heavy atom. The van der Waals surface area contributed by atoms with Crippen LogP contribution < -0.4 is 10.5 Å². The molecule has 1 aliphatic rings. The highest BCUT2D eigenvalue weighted by Crippen LogP contribution is 2.33. The van der Waals surface area contributed by atoms with E-state index >= 15 is 0 Å². The highest BCUT2D eigenvalue weighted by Gasteiger charge is 2.33. The first-order valence-electron chi connectivity index (χ1n) is 10.1. The largest absolute Gasteiger partial charge is 0.366 e. The third kappa shape index (κ3) is 3.67. The van der Waals surface area contributed by atoms with Crippen molar-refractivity contribution in [1.82, 2.24) is 14.5 Å². The Labute approximate surface area is 185 Å². The fourth-order valence-corrected chi connectivity index (χ4v) is 4.46. The molecule has 4 rings (SSSR count). The van der Waals surface area contributed by atoms with Gasteiger partial charge in [0.05, 0.1) is 11.2 Å². The van der Waals surface area contributed by atoms with Gasteiger partial charge in [0.15, 0.2) is 0 Å². The molecule has 0 unspecified atom stereocenters. The van der Waals surface area contributed by atoms with Gasteiger partial charge < -0.3 is 9.47 Å². The van der Waals surface area contributed by atoms with Crippen LogP contribution in [0.3, 0.4) is 0 Å². The number of piperazine rings is 1. The number of pyridine rings is 2. The van der Waals surface area contributed by atoms with Crippen molar-refractivity contribution in [1.29, 1.82) is 5.26 Å². The minimum Gasteiger partial charge on any atom is -0.366 e. The quantitative estimate of drug-likeness (QED) is 0.583. The second-order valence-electron chi connectivity index (χ2n) is 8.24. The lowest BCUT2D eigenvalue weighted by molar-refractivity contribution is 0.111. The summed E-state index contributed by atoms with van der Waals surface area (Å²) in [7, 11) is 1.63. The summed E-state index contributed by atoms with van der Waals surface area (Å²) in [6.07, 6.45) is 0. The van der Waals surface area contributed by atoms with E-state index in [0.717, 1.165) is 5.56 Å². The Morgan fingerprint density at radius 2 is 1.74 bits per heavy atom. The number of rotatable bonds is 3. The fraction of sp³-hybridized carbons (Fsp3) is 0.348. The first-order valence-corrected chi connectivity index (χ1v) is 10.5. The van der Waals surface area contributed by atoms with E-state index in [4.69, 9.17) is 11.6 Å². The summed E-state index contributed by atoms with van der Waals surface area (Å²) < 4.78 is 14.8. The SMILES string of the molecule is Cn1c(=O)c(C#N)c(N2CCN(C(C)(C)c3ccc(F)cc3)CC2)c2nc(Cl)ccc21. The molecular weight excluding hydrogens is 417 g/mol. The number of aromatic nitrogens is 2. The molecule has 0 bridgehead atoms. The summed E-state index contributed by atoms with van der Waals surface area (Å²) in [5.41, 5.74) is 2.22. The lowest BCUT2D eigenvalue weighted by Gasteiger charge is -2.45. The lowest BCUT2D eigenvalue weighted by Crippen LogP contribution is -2.53. The highest BCUT2D eigenvalue weighted by atomic mass is 35.5. The molecule has 6 nitrogen and oxygen atoms in total.